The fourth-order valence-electron chi connectivity index (χ4n) is 10.7. The number of carbonyl (C=O) groups excluding carboxylic acids is 1. The van der Waals surface area contributed by atoms with E-state index in [9.17, 15) is 20.1 Å². The van der Waals surface area contributed by atoms with E-state index in [1.54, 1.807) is 0 Å². The zero-order valence-corrected chi connectivity index (χ0v) is 32.7. The molecule has 0 saturated heterocycles. The molecular weight excluding hydrogens is 729 g/mol. The van der Waals surface area contributed by atoms with Crippen LogP contribution in [0.15, 0.2) is 83.2 Å². The van der Waals surface area contributed by atoms with Gasteiger partial charge >= 0.3 is 0 Å². The van der Waals surface area contributed by atoms with E-state index in [2.05, 4.69) is 52.4 Å². The summed E-state index contributed by atoms with van der Waals surface area (Å²) < 4.78 is 13.3. The lowest BCUT2D eigenvalue weighted by molar-refractivity contribution is -0.122. The second kappa shape index (κ2) is 14.7. The molecule has 6 N–H and O–H groups in total. The first-order chi connectivity index (χ1) is 28.2. The smallest absolute Gasteiger partial charge is 0.187 e. The number of aryl methyl sites for hydroxylation is 1. The number of allylic oxidation sites excluding steroid dienone is 3. The molecule has 1 saturated carbocycles. The number of rotatable bonds is 6. The van der Waals surface area contributed by atoms with Gasteiger partial charge in [-0.3, -0.25) is 15.1 Å². The molecule has 10 unspecified atom stereocenters. The molecule has 2 aromatic carbocycles. The third kappa shape index (κ3) is 6.43. The zero-order valence-electron chi connectivity index (χ0n) is 32.7. The highest BCUT2D eigenvalue weighted by Crippen LogP contribution is 2.51. The summed E-state index contributed by atoms with van der Waals surface area (Å²) in [7, 11) is 0. The van der Waals surface area contributed by atoms with Crippen molar-refractivity contribution in [2.75, 3.05) is 13.1 Å². The molecule has 10 nitrogen and oxygen atoms in total. The van der Waals surface area contributed by atoms with Gasteiger partial charge in [0, 0.05) is 55.1 Å². The van der Waals surface area contributed by atoms with Gasteiger partial charge in [-0.2, -0.15) is 0 Å². The van der Waals surface area contributed by atoms with Crippen LogP contribution in [0.1, 0.15) is 104 Å². The predicted molar refractivity (Wildman–Crippen MR) is 219 cm³/mol. The van der Waals surface area contributed by atoms with Crippen molar-refractivity contribution in [2.24, 2.45) is 33.9 Å². The van der Waals surface area contributed by atoms with Crippen LogP contribution in [0.2, 0.25) is 0 Å². The van der Waals surface area contributed by atoms with Crippen LogP contribution in [0.5, 0.6) is 11.5 Å². The molecule has 8 aliphatic rings. The standard InChI is InChI=1S/C48H50N4O6/c1-27-4-9-32(40(55)20-27)41(56)22-30(53)8-5-28-6-15-42-43(21-28)58-47-37(48(18-19-57-42)16-2-3-17-48)13-14-39(54)33-11-12-34-44-29(23-51-46(34)49)7-10-31(45(33)44)35-24-50-38-26-52(47)25-36(35)38/h4,6-7,9-12,15,21,24-25,27,29,31-32,37,39-41,46-47,51,54-56H,2-3,5,8,16-17,20,22-23,26,49H2,1H3. The molecule has 0 amide bonds. The van der Waals surface area contributed by atoms with Gasteiger partial charge in [0.25, 0.3) is 0 Å². The lowest BCUT2D eigenvalue weighted by Crippen LogP contribution is -2.47. The first-order valence-corrected chi connectivity index (χ1v) is 21.0. The fraction of sp³-hybridized carbons (Fsp3) is 0.458. The van der Waals surface area contributed by atoms with Gasteiger partial charge in [-0.25, -0.2) is 0 Å². The third-order valence-electron chi connectivity index (χ3n) is 13.8. The molecule has 10 atom stereocenters. The molecule has 5 aliphatic heterocycles. The number of benzene rings is 2. The Bertz CT molecular complexity index is 2330. The molecule has 5 heterocycles. The molecule has 1 spiro atoms. The summed E-state index contributed by atoms with van der Waals surface area (Å²) in [5.74, 6) is 10.8. The topological polar surface area (TPSA) is 150 Å². The van der Waals surface area contributed by atoms with Crippen molar-refractivity contribution in [1.82, 2.24) is 10.2 Å². The molecule has 58 heavy (non-hydrogen) atoms. The Morgan fingerprint density at radius 3 is 2.76 bits per heavy atom. The summed E-state index contributed by atoms with van der Waals surface area (Å²) in [4.78, 5) is 20.3. The molecule has 2 bridgehead atoms. The lowest BCUT2D eigenvalue weighted by atomic mass is 9.71. The number of nitrogens with one attached hydrogen (secondary N) is 1. The first kappa shape index (κ1) is 37.3. The van der Waals surface area contributed by atoms with Crippen molar-refractivity contribution >= 4 is 11.5 Å². The highest BCUT2D eigenvalue weighted by atomic mass is 16.5. The number of ether oxygens (including phenoxy) is 2. The average Bonchev–Trinajstić information content (AvgIpc) is 3.96. The summed E-state index contributed by atoms with van der Waals surface area (Å²) in [5, 5.41) is 37.0. The maximum absolute atomic E-state index is 13.2. The maximum Gasteiger partial charge on any atom is 0.187 e. The molecule has 0 radical (unpaired) electrons. The molecule has 298 valence electrons. The Morgan fingerprint density at radius 2 is 1.91 bits per heavy atom. The number of nitrogens with two attached hydrogens (primary N) is 1. The van der Waals surface area contributed by atoms with Crippen LogP contribution in [0.3, 0.4) is 0 Å². The molecule has 3 aliphatic carbocycles. The van der Waals surface area contributed by atoms with Crippen molar-refractivity contribution in [3.8, 4) is 35.4 Å². The highest BCUT2D eigenvalue weighted by Gasteiger charge is 2.49. The number of ketones is 1. The van der Waals surface area contributed by atoms with E-state index >= 15 is 0 Å². The quantitative estimate of drug-likeness (QED) is 0.194. The van der Waals surface area contributed by atoms with E-state index in [4.69, 9.17) is 20.2 Å². The van der Waals surface area contributed by atoms with Crippen LogP contribution in [0, 0.1) is 47.0 Å². The lowest BCUT2D eigenvalue weighted by Gasteiger charge is -2.39. The van der Waals surface area contributed by atoms with E-state index in [0.29, 0.717) is 30.9 Å². The number of hydrogen-bond donors (Lipinski definition) is 5. The normalized spacial score (nSPS) is 32.3. The number of aliphatic hydroxyl groups is 3. The van der Waals surface area contributed by atoms with Gasteiger partial charge in [-0.1, -0.05) is 80.0 Å². The van der Waals surface area contributed by atoms with Gasteiger partial charge < -0.3 is 35.4 Å². The fourth-order valence-corrected chi connectivity index (χ4v) is 10.7. The van der Waals surface area contributed by atoms with Gasteiger partial charge in [0.1, 0.15) is 18.0 Å². The van der Waals surface area contributed by atoms with Gasteiger partial charge in [-0.05, 0) is 77.1 Å². The molecule has 1 fully saturated rings. The van der Waals surface area contributed by atoms with Crippen LogP contribution >= 0.6 is 0 Å². The second-order valence-corrected chi connectivity index (χ2v) is 17.5. The van der Waals surface area contributed by atoms with E-state index in [0.717, 1.165) is 71.3 Å². The number of aliphatic hydroxyl groups excluding tert-OH is 3. The van der Waals surface area contributed by atoms with E-state index in [1.165, 1.54) is 5.56 Å². The van der Waals surface area contributed by atoms with E-state index in [1.807, 2.05) is 55.6 Å². The summed E-state index contributed by atoms with van der Waals surface area (Å²) in [5.41, 5.74) is 14.1. The van der Waals surface area contributed by atoms with Crippen LogP contribution in [0.25, 0.3) is 0 Å². The summed E-state index contributed by atoms with van der Waals surface area (Å²) in [6.45, 7) is 3.28. The largest absolute Gasteiger partial charge is 0.465 e. The van der Waals surface area contributed by atoms with Crippen LogP contribution in [-0.2, 0) is 11.2 Å². The van der Waals surface area contributed by atoms with Gasteiger partial charge in [-0.15, -0.1) is 0 Å². The second-order valence-electron chi connectivity index (χ2n) is 17.5. The average molecular weight is 779 g/mol. The summed E-state index contributed by atoms with van der Waals surface area (Å²) >= 11 is 0. The molecule has 2 aromatic rings. The number of nitrogens with zero attached hydrogens (tertiary/aromatic N) is 2. The van der Waals surface area contributed by atoms with Crippen molar-refractivity contribution in [2.45, 2.75) is 101 Å². The monoisotopic (exact) mass is 778 g/mol. The summed E-state index contributed by atoms with van der Waals surface area (Å²) in [6.07, 6.45) is 16.9. The maximum atomic E-state index is 13.2. The Hall–Kier alpha value is -4.94. The molecular formula is C48H50N4O6. The van der Waals surface area contributed by atoms with Crippen LogP contribution < -0.4 is 20.5 Å². The van der Waals surface area contributed by atoms with Crippen molar-refractivity contribution < 1.29 is 29.6 Å². The Labute approximate surface area is 339 Å². The molecule has 10 rings (SSSR count). The SMILES string of the molecule is CC1C=CC(C(O)CC(=O)CCc2ccc3c(c2)OC2C(C#CC(O)c4ccc5c6c4C(C=CC6CNC5N)C4=CN=C5CN2C=C45)C2(C#CO3)CCCC2)C(O)C1. The van der Waals surface area contributed by atoms with Gasteiger partial charge in [0.15, 0.2) is 17.7 Å². The van der Waals surface area contributed by atoms with Crippen LogP contribution in [0.4, 0.5) is 0 Å². The van der Waals surface area contributed by atoms with Gasteiger partial charge in [0.2, 0.25) is 0 Å². The minimum atomic E-state index is -1.06. The van der Waals surface area contributed by atoms with Crippen molar-refractivity contribution in [1.29, 1.82) is 0 Å². The van der Waals surface area contributed by atoms with E-state index < -0.39 is 41.8 Å². The predicted octanol–water partition coefficient (Wildman–Crippen LogP) is 5.33. The molecule has 0 aromatic heterocycles. The number of aliphatic imine (C=N–C) groups is 1. The minimum absolute atomic E-state index is 0.0180. The van der Waals surface area contributed by atoms with Crippen molar-refractivity contribution in [3.63, 3.8) is 0 Å². The van der Waals surface area contributed by atoms with Crippen LogP contribution in [-0.4, -0.2) is 63.2 Å². The number of carbonyl (C=O) groups is 1. The molecule has 10 heteroatoms. The Kier molecular flexibility index (Phi) is 9.47. The number of hydrogen-bond acceptors (Lipinski definition) is 10. The summed E-state index contributed by atoms with van der Waals surface area (Å²) in [6, 6.07) is 9.74. The number of Topliss-reactive ketones (excluding diaryl/α,β-unsaturated/α-hetero) is 1. The number of fused-ring (bicyclic) bond motifs is 6. The van der Waals surface area contributed by atoms with Crippen molar-refractivity contribution in [3.05, 3.63) is 106 Å². The van der Waals surface area contributed by atoms with Gasteiger partial charge in [0.05, 0.1) is 42.0 Å². The van der Waals surface area contributed by atoms with E-state index in [-0.39, 0.29) is 42.5 Å². The Balaban J connectivity index is 1.00. The zero-order chi connectivity index (χ0) is 39.7. The minimum Gasteiger partial charge on any atom is -0.465 e. The first-order valence-electron chi connectivity index (χ1n) is 21.0. The highest BCUT2D eigenvalue weighted by molar-refractivity contribution is 6.10. The third-order valence-corrected chi connectivity index (χ3v) is 13.8. The Morgan fingerprint density at radius 1 is 1.07 bits per heavy atom.